The molecule has 1 aromatic carbocycles. The second-order valence-corrected chi connectivity index (χ2v) is 6.87. The maximum absolute atomic E-state index is 5.17. The third-order valence-corrected chi connectivity index (χ3v) is 4.86. The van der Waals surface area contributed by atoms with Gasteiger partial charge in [-0.05, 0) is 13.0 Å². The van der Waals surface area contributed by atoms with Crippen LogP contribution < -0.4 is 0 Å². The van der Waals surface area contributed by atoms with Crippen LogP contribution >= 0.6 is 0 Å². The minimum Gasteiger partial charge on any atom is -0.378 e. The van der Waals surface area contributed by atoms with E-state index in [9.17, 15) is 0 Å². The van der Waals surface area contributed by atoms with Crippen molar-refractivity contribution in [2.24, 2.45) is 0 Å². The van der Waals surface area contributed by atoms with Crippen LogP contribution in [0.3, 0.4) is 0 Å². The van der Waals surface area contributed by atoms with Crippen LogP contribution in [0.5, 0.6) is 0 Å². The molecular weight excluding hydrogens is 364 g/mol. The summed E-state index contributed by atoms with van der Waals surface area (Å²) in [7, 11) is 1.66. The maximum atomic E-state index is 5.17. The van der Waals surface area contributed by atoms with E-state index in [1.54, 1.807) is 7.11 Å². The number of benzene rings is 1. The fourth-order valence-corrected chi connectivity index (χ4v) is 3.47. The third kappa shape index (κ3) is 3.77. The number of hydrogen-bond acceptors (Lipinski definition) is 4. The molecule has 7 heteroatoms. The molecule has 3 heterocycles. The highest BCUT2D eigenvalue weighted by Gasteiger charge is 2.20. The van der Waals surface area contributed by atoms with E-state index in [1.165, 1.54) is 0 Å². The minimum absolute atomic E-state index is 0.482. The van der Waals surface area contributed by atoms with Crippen molar-refractivity contribution in [2.75, 3.05) is 7.11 Å². The van der Waals surface area contributed by atoms with E-state index < -0.39 is 0 Å². The number of nitrogens with one attached hydrogen (secondary N) is 1. The molecule has 0 radical (unpaired) electrons. The Bertz CT molecular complexity index is 1110. The molecule has 0 spiro atoms. The lowest BCUT2D eigenvalue weighted by Gasteiger charge is -2.10. The second kappa shape index (κ2) is 8.28. The molecular formula is C22H24N6O. The molecule has 0 fully saturated rings. The van der Waals surface area contributed by atoms with Gasteiger partial charge in [-0.1, -0.05) is 36.4 Å². The number of allylic oxidation sites excluding steroid dienone is 1. The van der Waals surface area contributed by atoms with Gasteiger partial charge in [0.25, 0.3) is 0 Å². The molecule has 148 valence electrons. The van der Waals surface area contributed by atoms with Crippen molar-refractivity contribution in [3.05, 3.63) is 78.7 Å². The quantitative estimate of drug-likeness (QED) is 0.466. The first-order valence-corrected chi connectivity index (χ1v) is 9.47. The zero-order valence-corrected chi connectivity index (χ0v) is 16.7. The molecule has 0 aliphatic heterocycles. The molecule has 0 aliphatic rings. The van der Waals surface area contributed by atoms with Crippen LogP contribution in [0.25, 0.3) is 22.5 Å². The summed E-state index contributed by atoms with van der Waals surface area (Å²) < 4.78 is 9.25. The van der Waals surface area contributed by atoms with Crippen LogP contribution in [0.1, 0.15) is 17.1 Å². The second-order valence-electron chi connectivity index (χ2n) is 6.87. The molecule has 7 nitrogen and oxygen atoms in total. The fraction of sp³-hybridized carbons (Fsp3) is 0.227. The van der Waals surface area contributed by atoms with Gasteiger partial charge in [0, 0.05) is 23.9 Å². The first kappa shape index (κ1) is 18.9. The Hall–Kier alpha value is -3.45. The SMILES string of the molecule is C=CCn1ncc(-c2c(-c3ccccc3)ncn2Cc2cc(COC)n[nH]2)c1C. The van der Waals surface area contributed by atoms with Crippen LogP contribution in [-0.4, -0.2) is 36.6 Å². The van der Waals surface area contributed by atoms with E-state index >= 15 is 0 Å². The van der Waals surface area contributed by atoms with E-state index in [-0.39, 0.29) is 0 Å². The van der Waals surface area contributed by atoms with Gasteiger partial charge in [0.2, 0.25) is 0 Å². The molecule has 0 unspecified atom stereocenters. The highest BCUT2D eigenvalue weighted by Crippen LogP contribution is 2.33. The van der Waals surface area contributed by atoms with E-state index in [1.807, 2.05) is 47.5 Å². The summed E-state index contributed by atoms with van der Waals surface area (Å²) in [6.07, 6.45) is 5.63. The lowest BCUT2D eigenvalue weighted by atomic mass is 10.1. The Balaban J connectivity index is 1.79. The van der Waals surface area contributed by atoms with Gasteiger partial charge < -0.3 is 9.30 Å². The van der Waals surface area contributed by atoms with Crippen molar-refractivity contribution < 1.29 is 4.74 Å². The summed E-state index contributed by atoms with van der Waals surface area (Å²) in [5.41, 5.74) is 7.04. The average molecular weight is 388 g/mol. The number of hydrogen-bond donors (Lipinski definition) is 1. The predicted molar refractivity (Wildman–Crippen MR) is 112 cm³/mol. The van der Waals surface area contributed by atoms with Crippen molar-refractivity contribution >= 4 is 0 Å². The predicted octanol–water partition coefficient (Wildman–Crippen LogP) is 3.83. The molecule has 0 atom stereocenters. The van der Waals surface area contributed by atoms with Gasteiger partial charge in [0.05, 0.1) is 55.0 Å². The Morgan fingerprint density at radius 1 is 1.24 bits per heavy atom. The summed E-state index contributed by atoms with van der Waals surface area (Å²) >= 11 is 0. The molecule has 0 bridgehead atoms. The molecule has 29 heavy (non-hydrogen) atoms. The van der Waals surface area contributed by atoms with Crippen molar-refractivity contribution in [2.45, 2.75) is 26.6 Å². The Kier molecular flexibility index (Phi) is 5.39. The molecule has 0 aliphatic carbocycles. The zero-order valence-electron chi connectivity index (χ0n) is 16.7. The maximum Gasteiger partial charge on any atom is 0.0964 e. The van der Waals surface area contributed by atoms with E-state index in [2.05, 4.69) is 45.5 Å². The topological polar surface area (TPSA) is 73.6 Å². The van der Waals surface area contributed by atoms with Gasteiger partial charge in [0.15, 0.2) is 0 Å². The van der Waals surface area contributed by atoms with Gasteiger partial charge in [-0.3, -0.25) is 9.78 Å². The Morgan fingerprint density at radius 2 is 2.07 bits per heavy atom. The molecule has 4 rings (SSSR count). The summed E-state index contributed by atoms with van der Waals surface area (Å²) in [5, 5.41) is 11.9. The van der Waals surface area contributed by atoms with Crippen LogP contribution in [-0.2, 0) is 24.4 Å². The number of ether oxygens (including phenoxy) is 1. The zero-order chi connectivity index (χ0) is 20.2. The average Bonchev–Trinajstić information content (AvgIpc) is 3.44. The van der Waals surface area contributed by atoms with Gasteiger partial charge in [-0.25, -0.2) is 4.98 Å². The molecule has 0 saturated heterocycles. The fourth-order valence-electron chi connectivity index (χ4n) is 3.47. The first-order valence-electron chi connectivity index (χ1n) is 9.47. The van der Waals surface area contributed by atoms with E-state index in [4.69, 9.17) is 9.72 Å². The number of methoxy groups -OCH3 is 1. The van der Waals surface area contributed by atoms with Gasteiger partial charge in [-0.2, -0.15) is 10.2 Å². The standard InChI is InChI=1S/C22H24N6O/c1-4-10-28-16(2)20(12-24-28)22-21(17-8-6-5-7-9-17)23-15-27(22)13-18-11-19(14-29-3)26-25-18/h4-9,11-12,15H,1,10,13-14H2,2-3H3,(H,25,26). The van der Waals surface area contributed by atoms with Gasteiger partial charge in [-0.15, -0.1) is 6.58 Å². The highest BCUT2D eigenvalue weighted by atomic mass is 16.5. The Labute approximate surface area is 169 Å². The highest BCUT2D eigenvalue weighted by molar-refractivity contribution is 5.79. The minimum atomic E-state index is 0.482. The van der Waals surface area contributed by atoms with E-state index in [0.717, 1.165) is 39.6 Å². The lowest BCUT2D eigenvalue weighted by molar-refractivity contribution is 0.181. The molecule has 0 amide bonds. The van der Waals surface area contributed by atoms with Crippen LogP contribution in [0.2, 0.25) is 0 Å². The van der Waals surface area contributed by atoms with Gasteiger partial charge >= 0.3 is 0 Å². The molecule has 3 aromatic heterocycles. The van der Waals surface area contributed by atoms with Crippen molar-refractivity contribution in [1.29, 1.82) is 0 Å². The van der Waals surface area contributed by atoms with Crippen LogP contribution in [0.4, 0.5) is 0 Å². The summed E-state index contributed by atoms with van der Waals surface area (Å²) in [5.74, 6) is 0. The Morgan fingerprint density at radius 3 is 2.83 bits per heavy atom. The van der Waals surface area contributed by atoms with Crippen LogP contribution in [0, 0.1) is 6.92 Å². The number of aromatic nitrogens is 6. The molecule has 0 saturated carbocycles. The van der Waals surface area contributed by atoms with Crippen LogP contribution in [0.15, 0.2) is 61.6 Å². The normalized spacial score (nSPS) is 11.1. The number of imidazole rings is 1. The van der Waals surface area contributed by atoms with Crippen molar-refractivity contribution in [1.82, 2.24) is 29.5 Å². The monoisotopic (exact) mass is 388 g/mol. The van der Waals surface area contributed by atoms with E-state index in [0.29, 0.717) is 19.7 Å². The third-order valence-electron chi connectivity index (χ3n) is 4.86. The summed E-state index contributed by atoms with van der Waals surface area (Å²) in [6.45, 7) is 7.67. The van der Waals surface area contributed by atoms with Crippen molar-refractivity contribution in [3.63, 3.8) is 0 Å². The first-order chi connectivity index (χ1) is 14.2. The largest absolute Gasteiger partial charge is 0.378 e. The molecule has 1 N–H and O–H groups in total. The number of H-pyrrole nitrogens is 1. The summed E-state index contributed by atoms with van der Waals surface area (Å²) in [4.78, 5) is 4.75. The van der Waals surface area contributed by atoms with Crippen molar-refractivity contribution in [3.8, 4) is 22.5 Å². The number of nitrogens with zero attached hydrogens (tertiary/aromatic N) is 5. The van der Waals surface area contributed by atoms with Gasteiger partial charge in [0.1, 0.15) is 0 Å². The summed E-state index contributed by atoms with van der Waals surface area (Å²) in [6, 6.07) is 12.2. The lowest BCUT2D eigenvalue weighted by Crippen LogP contribution is -2.03. The smallest absolute Gasteiger partial charge is 0.0964 e. The number of aromatic amines is 1. The molecule has 4 aromatic rings. The number of rotatable bonds is 8.